The second-order valence-corrected chi connectivity index (χ2v) is 7.06. The molecule has 0 bridgehead atoms. The van der Waals surface area contributed by atoms with Gasteiger partial charge in [-0.3, -0.25) is 14.2 Å². The van der Waals surface area contributed by atoms with E-state index in [9.17, 15) is 4.79 Å². The molecular weight excluding hydrogens is 310 g/mol. The van der Waals surface area contributed by atoms with Crippen molar-refractivity contribution >= 4 is 34.0 Å². The molecule has 4 heteroatoms. The van der Waals surface area contributed by atoms with Crippen LogP contribution in [0.4, 0.5) is 0 Å². The minimum absolute atomic E-state index is 0.0709. The van der Waals surface area contributed by atoms with Gasteiger partial charge in [0.05, 0.1) is 16.4 Å². The number of rotatable bonds is 1. The number of pyridine rings is 1. The summed E-state index contributed by atoms with van der Waals surface area (Å²) in [6.07, 6.45) is 9.73. The molecule has 5 rings (SSSR count). The van der Waals surface area contributed by atoms with Gasteiger partial charge in [0.2, 0.25) is 0 Å². The molecule has 0 spiro atoms. The zero-order chi connectivity index (χ0) is 17.0. The highest BCUT2D eigenvalue weighted by atomic mass is 16.1. The zero-order valence-electron chi connectivity index (χ0n) is 14.0. The van der Waals surface area contributed by atoms with Gasteiger partial charge in [0.15, 0.2) is 0 Å². The third-order valence-electron chi connectivity index (χ3n) is 5.60. The van der Waals surface area contributed by atoms with Crippen molar-refractivity contribution in [1.82, 2.24) is 14.4 Å². The fourth-order valence-corrected chi connectivity index (χ4v) is 4.26. The van der Waals surface area contributed by atoms with Crippen LogP contribution in [-0.4, -0.2) is 14.4 Å². The van der Waals surface area contributed by atoms with Crippen molar-refractivity contribution in [3.63, 3.8) is 0 Å². The van der Waals surface area contributed by atoms with E-state index in [0.29, 0.717) is 22.5 Å². The molecule has 1 fully saturated rings. The second kappa shape index (κ2) is 5.38. The molecule has 4 nitrogen and oxygen atoms in total. The summed E-state index contributed by atoms with van der Waals surface area (Å²) in [5, 5.41) is 2.42. The molecule has 1 saturated carbocycles. The van der Waals surface area contributed by atoms with Gasteiger partial charge in [0.1, 0.15) is 5.65 Å². The fourth-order valence-electron chi connectivity index (χ4n) is 4.26. The third-order valence-corrected chi connectivity index (χ3v) is 5.60. The lowest BCUT2D eigenvalue weighted by atomic mass is 9.84. The summed E-state index contributed by atoms with van der Waals surface area (Å²) in [5.74, 6) is 0.628. The number of aromatic nitrogens is 3. The third kappa shape index (κ3) is 2.10. The molecule has 1 aliphatic rings. The number of hydrogen-bond acceptors (Lipinski definition) is 3. The first-order valence-corrected chi connectivity index (χ1v) is 8.95. The Bertz CT molecular complexity index is 1220. The molecule has 3 heterocycles. The van der Waals surface area contributed by atoms with Crippen molar-refractivity contribution < 1.29 is 0 Å². The average Bonchev–Trinajstić information content (AvgIpc) is 2.95. The Labute approximate surface area is 144 Å². The van der Waals surface area contributed by atoms with Gasteiger partial charge in [-0.25, -0.2) is 4.98 Å². The molecule has 25 heavy (non-hydrogen) atoms. The minimum atomic E-state index is -0.0709. The predicted molar refractivity (Wildman–Crippen MR) is 101 cm³/mol. The Morgan fingerprint density at radius 1 is 1.08 bits per heavy atom. The van der Waals surface area contributed by atoms with E-state index in [4.69, 9.17) is 0 Å². The number of fused-ring (bicyclic) bond motifs is 4. The Hall–Kier alpha value is -2.75. The van der Waals surface area contributed by atoms with Crippen LogP contribution in [0.3, 0.4) is 0 Å². The first-order valence-electron chi connectivity index (χ1n) is 8.95. The molecule has 0 aliphatic heterocycles. The maximum Gasteiger partial charge on any atom is 0.267 e. The van der Waals surface area contributed by atoms with Crippen molar-refractivity contribution in [3.05, 3.63) is 57.8 Å². The van der Waals surface area contributed by atoms with Crippen LogP contribution >= 0.6 is 0 Å². The molecule has 1 aliphatic carbocycles. The largest absolute Gasteiger partial charge is 0.268 e. The smallest absolute Gasteiger partial charge is 0.267 e. The van der Waals surface area contributed by atoms with Crippen LogP contribution in [-0.2, 0) is 0 Å². The first-order chi connectivity index (χ1) is 12.2. The summed E-state index contributed by atoms with van der Waals surface area (Å²) in [6.45, 7) is 4.23. The summed E-state index contributed by atoms with van der Waals surface area (Å²) >= 11 is 0. The van der Waals surface area contributed by atoms with E-state index in [1.54, 1.807) is 22.9 Å². The van der Waals surface area contributed by atoms with Crippen molar-refractivity contribution in [1.29, 1.82) is 0 Å². The van der Waals surface area contributed by atoms with E-state index < -0.39 is 0 Å². The Morgan fingerprint density at radius 2 is 1.92 bits per heavy atom. The quantitative estimate of drug-likeness (QED) is 0.536. The Morgan fingerprint density at radius 3 is 2.76 bits per heavy atom. The molecular formula is C21H19N3O. The van der Waals surface area contributed by atoms with Crippen LogP contribution in [0, 0.1) is 0 Å². The van der Waals surface area contributed by atoms with Gasteiger partial charge in [-0.05, 0) is 42.5 Å². The summed E-state index contributed by atoms with van der Waals surface area (Å²) in [6, 6.07) is 8.25. The van der Waals surface area contributed by atoms with E-state index in [1.807, 2.05) is 0 Å². The average molecular weight is 329 g/mol. The molecule has 0 N–H and O–H groups in total. The lowest BCUT2D eigenvalue weighted by Gasteiger charge is -2.22. The minimum Gasteiger partial charge on any atom is -0.268 e. The van der Waals surface area contributed by atoms with Crippen molar-refractivity contribution in [2.75, 3.05) is 0 Å². The molecule has 1 aromatic carbocycles. The maximum atomic E-state index is 13.0. The van der Waals surface area contributed by atoms with E-state index >= 15 is 0 Å². The second-order valence-electron chi connectivity index (χ2n) is 7.06. The molecule has 124 valence electrons. The first kappa shape index (κ1) is 14.6. The fraction of sp³-hybridized carbons (Fsp3) is 0.286. The molecule has 0 amide bonds. The van der Waals surface area contributed by atoms with E-state index in [2.05, 4.69) is 34.7 Å². The van der Waals surface area contributed by atoms with Crippen LogP contribution in [0.5, 0.6) is 0 Å². The Kier molecular flexibility index (Phi) is 3.14. The lowest BCUT2D eigenvalue weighted by molar-refractivity contribution is 0.444. The van der Waals surface area contributed by atoms with E-state index in [1.165, 1.54) is 37.7 Å². The number of hydrogen-bond donors (Lipinski definition) is 0. The zero-order valence-corrected chi connectivity index (χ0v) is 14.0. The normalized spacial score (nSPS) is 16.2. The molecule has 4 aromatic rings. The summed E-state index contributed by atoms with van der Waals surface area (Å²) in [4.78, 5) is 21.7. The van der Waals surface area contributed by atoms with Gasteiger partial charge in [0, 0.05) is 23.0 Å². The van der Waals surface area contributed by atoms with Gasteiger partial charge in [0.25, 0.3) is 5.56 Å². The van der Waals surface area contributed by atoms with Crippen molar-refractivity contribution in [2.24, 2.45) is 0 Å². The van der Waals surface area contributed by atoms with E-state index in [0.717, 1.165) is 16.1 Å². The molecule has 3 aromatic heterocycles. The molecule has 0 atom stereocenters. The molecule has 0 saturated heterocycles. The topological polar surface area (TPSA) is 47.3 Å². The van der Waals surface area contributed by atoms with Gasteiger partial charge in [-0.1, -0.05) is 31.9 Å². The summed E-state index contributed by atoms with van der Waals surface area (Å²) in [5.41, 5.74) is 3.51. The van der Waals surface area contributed by atoms with Gasteiger partial charge >= 0.3 is 0 Å². The molecule has 0 unspecified atom stereocenters. The van der Waals surface area contributed by atoms with Gasteiger partial charge in [-0.15, -0.1) is 0 Å². The van der Waals surface area contributed by atoms with Crippen LogP contribution < -0.4 is 10.8 Å². The summed E-state index contributed by atoms with van der Waals surface area (Å²) < 4.78 is 1.69. The SMILES string of the molecule is C=c1c2cc(C3CCCCC3)ccc2n2c(=O)c3cnccc3nc12. The highest BCUT2D eigenvalue weighted by molar-refractivity contribution is 5.90. The summed E-state index contributed by atoms with van der Waals surface area (Å²) in [7, 11) is 0. The lowest BCUT2D eigenvalue weighted by Crippen LogP contribution is -2.15. The molecule has 0 radical (unpaired) electrons. The van der Waals surface area contributed by atoms with Gasteiger partial charge < -0.3 is 0 Å². The van der Waals surface area contributed by atoms with Gasteiger partial charge in [-0.2, -0.15) is 0 Å². The monoisotopic (exact) mass is 329 g/mol. The number of benzene rings is 1. The Balaban J connectivity index is 1.83. The van der Waals surface area contributed by atoms with Crippen LogP contribution in [0.2, 0.25) is 0 Å². The highest BCUT2D eigenvalue weighted by Crippen LogP contribution is 2.33. The van der Waals surface area contributed by atoms with Crippen molar-refractivity contribution in [2.45, 2.75) is 38.0 Å². The van der Waals surface area contributed by atoms with Crippen LogP contribution in [0.1, 0.15) is 43.6 Å². The highest BCUT2D eigenvalue weighted by Gasteiger charge is 2.18. The van der Waals surface area contributed by atoms with Crippen molar-refractivity contribution in [3.8, 4) is 0 Å². The number of nitrogens with zero attached hydrogens (tertiary/aromatic N) is 3. The standard InChI is InChI=1S/C21H19N3O/c1-13-16-11-15(14-5-3-2-4-6-14)7-8-19(16)24-20(13)23-18-9-10-22-12-17(18)21(24)25/h7-12,14H,1-6H2. The van der Waals surface area contributed by atoms with Crippen LogP contribution in [0.25, 0.3) is 34.0 Å². The maximum absolute atomic E-state index is 13.0. The van der Waals surface area contributed by atoms with E-state index in [-0.39, 0.29) is 5.56 Å². The van der Waals surface area contributed by atoms with Crippen LogP contribution in [0.15, 0.2) is 41.5 Å². The predicted octanol–water partition coefficient (Wildman–Crippen LogP) is 3.57.